The van der Waals surface area contributed by atoms with E-state index in [1.165, 1.54) is 12.1 Å². The zero-order valence-electron chi connectivity index (χ0n) is 24.7. The minimum absolute atomic E-state index is 0.0836. The van der Waals surface area contributed by atoms with Gasteiger partial charge in [-0.3, -0.25) is 4.79 Å². The summed E-state index contributed by atoms with van der Waals surface area (Å²) in [7, 11) is 0. The normalized spacial score (nSPS) is 18.2. The fraction of sp³-hybridized carbons (Fsp3) is 0.412. The Morgan fingerprint density at radius 1 is 0.804 bits per heavy atom. The van der Waals surface area contributed by atoms with Crippen LogP contribution < -0.4 is 10.2 Å². The Kier molecular flexibility index (Phi) is 9.38. The van der Waals surface area contributed by atoms with Crippen LogP contribution in [-0.2, 0) is 27.4 Å². The number of carboxylic acids is 1. The van der Waals surface area contributed by atoms with Crippen LogP contribution in [0.25, 0.3) is 0 Å². The second kappa shape index (κ2) is 13.0. The number of anilines is 1. The number of carbonyl (C=O) groups excluding carboxylic acids is 1. The molecule has 5 nitrogen and oxygen atoms in total. The van der Waals surface area contributed by atoms with Gasteiger partial charge >= 0.3 is 18.3 Å². The molecular formula is C34H33F7N2O3. The first kappa shape index (κ1) is 33.3. The van der Waals surface area contributed by atoms with Gasteiger partial charge in [-0.1, -0.05) is 43.5 Å². The average Bonchev–Trinajstić information content (AvgIpc) is 3.03. The third-order valence-electron chi connectivity index (χ3n) is 9.23. The lowest BCUT2D eigenvalue weighted by atomic mass is 9.68. The van der Waals surface area contributed by atoms with Crippen LogP contribution in [0.15, 0.2) is 66.7 Å². The number of nitrogens with one attached hydrogen (secondary N) is 1. The molecule has 3 aromatic rings. The number of carboxylic acid groups (broad SMARTS) is 1. The Balaban J connectivity index is 1.37. The first-order valence-electron chi connectivity index (χ1n) is 15.1. The third kappa shape index (κ3) is 7.15. The van der Waals surface area contributed by atoms with Gasteiger partial charge in [-0.2, -0.15) is 26.3 Å². The van der Waals surface area contributed by atoms with Gasteiger partial charge in [0.2, 0.25) is 5.91 Å². The molecule has 246 valence electrons. The molecule has 12 heteroatoms. The molecule has 0 aromatic heterocycles. The highest BCUT2D eigenvalue weighted by Gasteiger charge is 2.44. The minimum Gasteiger partial charge on any atom is -0.479 e. The van der Waals surface area contributed by atoms with Gasteiger partial charge in [0.25, 0.3) is 0 Å². The number of nitrogens with zero attached hydrogens (tertiary/aromatic N) is 1. The highest BCUT2D eigenvalue weighted by molar-refractivity contribution is 5.92. The summed E-state index contributed by atoms with van der Waals surface area (Å²) in [5, 5.41) is 12.2. The molecule has 1 unspecified atom stereocenters. The van der Waals surface area contributed by atoms with E-state index in [-0.39, 0.29) is 11.9 Å². The van der Waals surface area contributed by atoms with Crippen molar-refractivity contribution in [1.82, 2.24) is 5.32 Å². The van der Waals surface area contributed by atoms with Gasteiger partial charge < -0.3 is 15.3 Å². The zero-order chi connectivity index (χ0) is 33.3. The molecule has 1 saturated heterocycles. The lowest BCUT2D eigenvalue weighted by molar-refractivity contribution is -0.145. The largest absolute Gasteiger partial charge is 0.479 e. The number of hydrogen-bond donors (Lipinski definition) is 2. The minimum atomic E-state index is -5.17. The summed E-state index contributed by atoms with van der Waals surface area (Å²) in [4.78, 5) is 28.3. The van der Waals surface area contributed by atoms with E-state index < -0.39 is 52.4 Å². The van der Waals surface area contributed by atoms with E-state index in [1.807, 2.05) is 12.1 Å². The molecule has 1 atom stereocenters. The summed E-state index contributed by atoms with van der Waals surface area (Å²) in [6.45, 7) is 1.51. The molecule has 0 radical (unpaired) electrons. The standard InChI is InChI=1S/C34H33F7N2O3/c35-27-8-4-21(5-9-27)22-12-16-43(17-13-22)28-10-6-24(7-11-28)32(14-2-1-3-15-32)31(46)42-29(30(44)45)23-18-25(33(36,37)38)20-26(19-23)34(39,40)41/h4-11,18-20,22,29H,1-3,12-17H2,(H,42,46)(H,44,45). The second-order valence-electron chi connectivity index (χ2n) is 12.1. The van der Waals surface area contributed by atoms with Crippen LogP contribution in [0.5, 0.6) is 0 Å². The van der Waals surface area contributed by atoms with E-state index in [1.54, 1.807) is 24.3 Å². The molecule has 3 aromatic carbocycles. The van der Waals surface area contributed by atoms with Crippen molar-refractivity contribution < 1.29 is 45.4 Å². The molecule has 46 heavy (non-hydrogen) atoms. The molecule has 2 fully saturated rings. The average molecular weight is 651 g/mol. The monoisotopic (exact) mass is 650 g/mol. The Bertz CT molecular complexity index is 1510. The third-order valence-corrected chi connectivity index (χ3v) is 9.23. The Labute approximate surface area is 261 Å². The van der Waals surface area contributed by atoms with E-state index in [0.29, 0.717) is 49.3 Å². The maximum atomic E-state index is 13.9. The quantitative estimate of drug-likeness (QED) is 0.252. The van der Waals surface area contributed by atoms with Crippen molar-refractivity contribution in [3.8, 4) is 0 Å². The summed E-state index contributed by atoms with van der Waals surface area (Å²) >= 11 is 0. The lowest BCUT2D eigenvalue weighted by Crippen LogP contribution is -2.48. The fourth-order valence-corrected chi connectivity index (χ4v) is 6.70. The van der Waals surface area contributed by atoms with Crippen molar-refractivity contribution in [3.63, 3.8) is 0 Å². The summed E-state index contributed by atoms with van der Waals surface area (Å²) < 4.78 is 94.3. The number of benzene rings is 3. The molecule has 2 aliphatic rings. The van der Waals surface area contributed by atoms with Gasteiger partial charge in [0.1, 0.15) is 5.82 Å². The molecule has 0 bridgehead atoms. The SMILES string of the molecule is O=C(O)C(NC(=O)C1(c2ccc(N3CCC(c4ccc(F)cc4)CC3)cc2)CCCCC1)c1cc(C(F)(F)F)cc(C(F)(F)F)c1. The van der Waals surface area contributed by atoms with E-state index >= 15 is 0 Å². The molecule has 1 amide bonds. The molecule has 1 aliphatic heterocycles. The molecule has 5 rings (SSSR count). The molecule has 1 saturated carbocycles. The maximum Gasteiger partial charge on any atom is 0.416 e. The van der Waals surface area contributed by atoms with Crippen LogP contribution in [-0.4, -0.2) is 30.1 Å². The lowest BCUT2D eigenvalue weighted by Gasteiger charge is -2.38. The fourth-order valence-electron chi connectivity index (χ4n) is 6.70. The summed E-state index contributed by atoms with van der Waals surface area (Å²) in [5.41, 5.74) is -2.77. The summed E-state index contributed by atoms with van der Waals surface area (Å²) in [6.07, 6.45) is -5.87. The Morgan fingerprint density at radius 2 is 1.35 bits per heavy atom. The second-order valence-corrected chi connectivity index (χ2v) is 12.1. The predicted octanol–water partition coefficient (Wildman–Crippen LogP) is 8.39. The van der Waals surface area contributed by atoms with E-state index in [4.69, 9.17) is 0 Å². The van der Waals surface area contributed by atoms with Gasteiger partial charge in [-0.15, -0.1) is 0 Å². The van der Waals surface area contributed by atoms with E-state index in [9.17, 15) is 45.4 Å². The van der Waals surface area contributed by atoms with Crippen molar-refractivity contribution in [3.05, 3.63) is 100 Å². The van der Waals surface area contributed by atoms with Crippen molar-refractivity contribution in [2.75, 3.05) is 18.0 Å². The number of aliphatic carboxylic acids is 1. The molecule has 0 spiro atoms. The van der Waals surface area contributed by atoms with Crippen LogP contribution in [0.4, 0.5) is 36.4 Å². The van der Waals surface area contributed by atoms with Crippen LogP contribution in [0.3, 0.4) is 0 Å². The van der Waals surface area contributed by atoms with Gasteiger partial charge in [-0.05, 0) is 90.8 Å². The topological polar surface area (TPSA) is 69.6 Å². The van der Waals surface area contributed by atoms with E-state index in [2.05, 4.69) is 10.2 Å². The number of carbonyl (C=O) groups is 2. The maximum absolute atomic E-state index is 13.9. The number of halogens is 7. The van der Waals surface area contributed by atoms with Crippen molar-refractivity contribution >= 4 is 17.6 Å². The smallest absolute Gasteiger partial charge is 0.416 e. The van der Waals surface area contributed by atoms with Crippen molar-refractivity contribution in [2.24, 2.45) is 0 Å². The van der Waals surface area contributed by atoms with Gasteiger partial charge in [0.15, 0.2) is 6.04 Å². The number of rotatable bonds is 7. The van der Waals surface area contributed by atoms with E-state index in [0.717, 1.165) is 43.6 Å². The van der Waals surface area contributed by atoms with Gasteiger partial charge in [0, 0.05) is 18.8 Å². The zero-order valence-corrected chi connectivity index (χ0v) is 24.7. The van der Waals surface area contributed by atoms with Crippen molar-refractivity contribution in [2.45, 2.75) is 74.7 Å². The molecule has 1 aliphatic carbocycles. The Hall–Kier alpha value is -4.09. The number of amides is 1. The predicted molar refractivity (Wildman–Crippen MR) is 157 cm³/mol. The first-order valence-corrected chi connectivity index (χ1v) is 15.1. The number of alkyl halides is 6. The first-order chi connectivity index (χ1) is 21.7. The van der Waals surface area contributed by atoms with Crippen LogP contribution in [0.2, 0.25) is 0 Å². The number of hydrogen-bond acceptors (Lipinski definition) is 3. The molecular weight excluding hydrogens is 617 g/mol. The van der Waals surface area contributed by atoms with Crippen LogP contribution in [0, 0.1) is 5.82 Å². The van der Waals surface area contributed by atoms with Crippen LogP contribution in [0.1, 0.15) is 84.7 Å². The van der Waals surface area contributed by atoms with Crippen molar-refractivity contribution in [1.29, 1.82) is 0 Å². The van der Waals surface area contributed by atoms with Gasteiger partial charge in [0.05, 0.1) is 16.5 Å². The van der Waals surface area contributed by atoms with Crippen LogP contribution >= 0.6 is 0 Å². The summed E-state index contributed by atoms with van der Waals surface area (Å²) in [6, 6.07) is 12.3. The molecule has 1 heterocycles. The highest BCUT2D eigenvalue weighted by atomic mass is 19.4. The number of piperidine rings is 1. The Morgan fingerprint density at radius 3 is 1.85 bits per heavy atom. The summed E-state index contributed by atoms with van der Waals surface area (Å²) in [5.74, 6) is -2.53. The molecule has 2 N–H and O–H groups in total. The van der Waals surface area contributed by atoms with Gasteiger partial charge in [-0.25, -0.2) is 9.18 Å². The highest BCUT2D eigenvalue weighted by Crippen LogP contribution is 2.42.